The number of hydrogen-bond donors (Lipinski definition) is 1. The van der Waals surface area contributed by atoms with Gasteiger partial charge in [0.2, 0.25) is 0 Å². The van der Waals surface area contributed by atoms with Crippen LogP contribution in [0, 0.1) is 0 Å². The summed E-state index contributed by atoms with van der Waals surface area (Å²) in [5.41, 5.74) is -1.19. The summed E-state index contributed by atoms with van der Waals surface area (Å²) in [6.07, 6.45) is 2.63. The molecule has 11 nitrogen and oxygen atoms in total. The van der Waals surface area contributed by atoms with Gasteiger partial charge in [0.1, 0.15) is 24.8 Å². The third kappa shape index (κ3) is 5.23. The van der Waals surface area contributed by atoms with E-state index >= 15 is 0 Å². The summed E-state index contributed by atoms with van der Waals surface area (Å²) >= 11 is 0. The lowest BCUT2D eigenvalue weighted by atomic mass is 10.2. The van der Waals surface area contributed by atoms with Gasteiger partial charge in [-0.25, -0.2) is 17.9 Å². The van der Waals surface area contributed by atoms with Gasteiger partial charge in [-0.15, -0.1) is 0 Å². The zero-order chi connectivity index (χ0) is 23.0. The molecule has 1 aliphatic rings. The molecule has 0 bridgehead atoms. The minimum atomic E-state index is -4.15. The van der Waals surface area contributed by atoms with Crippen molar-refractivity contribution in [3.8, 4) is 0 Å². The van der Waals surface area contributed by atoms with Gasteiger partial charge in [0.15, 0.2) is 8.32 Å². The van der Waals surface area contributed by atoms with Crippen LogP contribution < -0.4 is 11.2 Å². The van der Waals surface area contributed by atoms with Crippen molar-refractivity contribution in [3.63, 3.8) is 0 Å². The van der Waals surface area contributed by atoms with E-state index in [0.717, 1.165) is 10.3 Å². The third-order valence-electron chi connectivity index (χ3n) is 5.74. The molecular formula is C18H28N4O7SSi. The van der Waals surface area contributed by atoms with E-state index in [1.165, 1.54) is 29.2 Å². The number of aromatic amines is 1. The quantitative estimate of drug-likeness (QED) is 0.595. The summed E-state index contributed by atoms with van der Waals surface area (Å²) in [6, 6.07) is 1.20. The number of ether oxygens (including phenoxy) is 1. The summed E-state index contributed by atoms with van der Waals surface area (Å²) < 4.78 is 44.9. The maximum atomic E-state index is 12.6. The normalized spacial score (nSPS) is 22.7. The lowest BCUT2D eigenvalue weighted by Gasteiger charge is -2.37. The molecule has 31 heavy (non-hydrogen) atoms. The van der Waals surface area contributed by atoms with Crippen LogP contribution in [-0.2, 0) is 23.7 Å². The molecule has 0 saturated carbocycles. The van der Waals surface area contributed by atoms with Crippen LogP contribution in [0.1, 0.15) is 33.4 Å². The number of hydrogen-bond acceptors (Lipinski definition) is 8. The van der Waals surface area contributed by atoms with Gasteiger partial charge in [-0.3, -0.25) is 14.3 Å². The number of rotatable bonds is 7. The highest BCUT2D eigenvalue weighted by atomic mass is 32.2. The van der Waals surface area contributed by atoms with Crippen LogP contribution in [-0.4, -0.2) is 54.1 Å². The molecule has 3 rings (SSSR count). The molecule has 0 amide bonds. The molecule has 3 atom stereocenters. The van der Waals surface area contributed by atoms with E-state index in [9.17, 15) is 18.0 Å². The Bertz CT molecular complexity index is 1120. The first-order valence-corrected chi connectivity index (χ1v) is 14.1. The fourth-order valence-electron chi connectivity index (χ4n) is 2.87. The third-order valence-corrected chi connectivity index (χ3v) is 11.5. The lowest BCUT2D eigenvalue weighted by Crippen LogP contribution is -2.44. The molecule has 0 unspecified atom stereocenters. The Morgan fingerprint density at radius 1 is 1.29 bits per heavy atom. The van der Waals surface area contributed by atoms with Crippen molar-refractivity contribution in [1.82, 2.24) is 18.5 Å². The monoisotopic (exact) mass is 472 g/mol. The Kier molecular flexibility index (Phi) is 6.44. The molecule has 0 radical (unpaired) electrons. The highest BCUT2D eigenvalue weighted by Crippen LogP contribution is 2.38. The summed E-state index contributed by atoms with van der Waals surface area (Å²) in [5.74, 6) is 0. The predicted octanol–water partition coefficient (Wildman–Crippen LogP) is 1.22. The lowest BCUT2D eigenvalue weighted by molar-refractivity contribution is -0.0389. The Morgan fingerprint density at radius 3 is 2.58 bits per heavy atom. The van der Waals surface area contributed by atoms with Gasteiger partial charge >= 0.3 is 16.0 Å². The smallest absolute Gasteiger partial charge is 0.367 e. The Labute approximate surface area is 181 Å². The molecule has 3 heterocycles. The largest absolute Gasteiger partial charge is 0.414 e. The van der Waals surface area contributed by atoms with E-state index in [4.69, 9.17) is 13.3 Å². The number of nitrogens with zero attached hydrogens (tertiary/aromatic N) is 3. The first-order valence-electron chi connectivity index (χ1n) is 9.83. The molecule has 1 aliphatic heterocycles. The second-order valence-electron chi connectivity index (χ2n) is 8.94. The van der Waals surface area contributed by atoms with E-state index in [2.05, 4.69) is 43.8 Å². The molecule has 1 N–H and O–H groups in total. The summed E-state index contributed by atoms with van der Waals surface area (Å²) in [5, 5.41) is -0.0555. The fraction of sp³-hybridized carbons (Fsp3) is 0.611. The number of imidazole rings is 1. The molecule has 0 spiro atoms. The van der Waals surface area contributed by atoms with Crippen molar-refractivity contribution in [2.24, 2.45) is 0 Å². The van der Waals surface area contributed by atoms with Crippen molar-refractivity contribution < 1.29 is 21.8 Å². The predicted molar refractivity (Wildman–Crippen MR) is 114 cm³/mol. The van der Waals surface area contributed by atoms with Gasteiger partial charge in [-0.1, -0.05) is 20.8 Å². The van der Waals surface area contributed by atoms with Gasteiger partial charge in [-0.05, 0) is 18.1 Å². The molecule has 172 valence electrons. The minimum absolute atomic E-state index is 0.0555. The van der Waals surface area contributed by atoms with E-state index < -0.39 is 48.3 Å². The van der Waals surface area contributed by atoms with Crippen LogP contribution in [0.2, 0.25) is 18.1 Å². The molecule has 2 aromatic rings. The minimum Gasteiger partial charge on any atom is -0.414 e. The average Bonchev–Trinajstić information content (AvgIpc) is 3.29. The summed E-state index contributed by atoms with van der Waals surface area (Å²) in [4.78, 5) is 29.5. The number of nitrogens with one attached hydrogen (secondary N) is 1. The van der Waals surface area contributed by atoms with E-state index in [1.54, 1.807) is 0 Å². The molecule has 2 aromatic heterocycles. The second-order valence-corrected chi connectivity index (χ2v) is 15.2. The van der Waals surface area contributed by atoms with Gasteiger partial charge in [0, 0.05) is 31.1 Å². The maximum Gasteiger partial charge on any atom is 0.367 e. The van der Waals surface area contributed by atoms with Gasteiger partial charge in [0.25, 0.3) is 5.56 Å². The Morgan fingerprint density at radius 2 is 2.00 bits per heavy atom. The van der Waals surface area contributed by atoms with Crippen LogP contribution in [0.15, 0.2) is 40.6 Å². The van der Waals surface area contributed by atoms with E-state index in [0.29, 0.717) is 0 Å². The molecular weight excluding hydrogens is 444 g/mol. The van der Waals surface area contributed by atoms with Crippen LogP contribution in [0.4, 0.5) is 0 Å². The molecule has 0 aliphatic carbocycles. The zero-order valence-corrected chi connectivity index (χ0v) is 20.0. The average molecular weight is 473 g/mol. The number of aromatic nitrogens is 4. The van der Waals surface area contributed by atoms with Crippen LogP contribution in [0.3, 0.4) is 0 Å². The Balaban J connectivity index is 1.85. The molecule has 13 heteroatoms. The second kappa shape index (κ2) is 8.46. The highest BCUT2D eigenvalue weighted by Gasteiger charge is 2.43. The zero-order valence-electron chi connectivity index (χ0n) is 18.1. The van der Waals surface area contributed by atoms with Crippen LogP contribution in [0.5, 0.6) is 0 Å². The summed E-state index contributed by atoms with van der Waals surface area (Å²) in [7, 11) is -6.30. The van der Waals surface area contributed by atoms with Gasteiger partial charge in [0.05, 0.1) is 6.61 Å². The van der Waals surface area contributed by atoms with E-state index in [1.807, 2.05) is 0 Å². The first-order chi connectivity index (χ1) is 14.3. The van der Waals surface area contributed by atoms with Crippen LogP contribution in [0.25, 0.3) is 0 Å². The van der Waals surface area contributed by atoms with E-state index in [-0.39, 0.29) is 18.1 Å². The maximum absolute atomic E-state index is 12.6. The molecule has 0 aromatic carbocycles. The summed E-state index contributed by atoms with van der Waals surface area (Å²) in [6.45, 7) is 10.5. The van der Waals surface area contributed by atoms with Gasteiger partial charge < -0.3 is 9.16 Å². The van der Waals surface area contributed by atoms with Crippen molar-refractivity contribution in [1.29, 1.82) is 0 Å². The van der Waals surface area contributed by atoms with Crippen molar-refractivity contribution >= 4 is 18.6 Å². The molecule has 1 saturated heterocycles. The van der Waals surface area contributed by atoms with Crippen molar-refractivity contribution in [3.05, 3.63) is 51.8 Å². The first kappa shape index (κ1) is 23.6. The SMILES string of the molecule is CC(C)(C)[Si](C)(C)OC[C@H]1O[C@@H](n2ccc(=O)[nH]c2=O)C[C@@H]1OS(=O)(=O)n1ccnc1. The van der Waals surface area contributed by atoms with Crippen LogP contribution >= 0.6 is 0 Å². The molecule has 1 fully saturated rings. The standard InChI is InChI=1S/C18H28N4O7SSi/c1-18(2,3)31(4,5)27-11-14-13(29-30(25,26)21-9-7-19-12-21)10-16(28-14)22-8-6-15(23)20-17(22)24/h6-9,12-14,16H,10-11H2,1-5H3,(H,20,23,24)/t13-,14+,16+/m0/s1. The fourth-order valence-corrected chi connectivity index (χ4v) is 4.87. The highest BCUT2D eigenvalue weighted by molar-refractivity contribution is 7.85. The van der Waals surface area contributed by atoms with Gasteiger partial charge in [-0.2, -0.15) is 8.42 Å². The van der Waals surface area contributed by atoms with Crippen molar-refractivity contribution in [2.45, 2.75) is 63.8 Å². The Hall–Kier alpha value is -2.06. The number of H-pyrrole nitrogens is 1. The topological polar surface area (TPSA) is 135 Å². The van der Waals surface area contributed by atoms with Crippen molar-refractivity contribution in [2.75, 3.05) is 6.61 Å².